The van der Waals surface area contributed by atoms with E-state index in [2.05, 4.69) is 16.3 Å². The molecule has 146 valence electrons. The quantitative estimate of drug-likeness (QED) is 0.291. The summed E-state index contributed by atoms with van der Waals surface area (Å²) in [6.45, 7) is 1.73. The largest absolute Gasteiger partial charge is 0.396 e. The van der Waals surface area contributed by atoms with Crippen molar-refractivity contribution < 1.29 is 9.90 Å². The molecular weight excluding hydrogens is 356 g/mol. The number of unbranched alkanes of at least 4 members (excludes halogenated alkanes) is 1. The number of carbonyl (C=O) groups excluding carboxylic acids is 1. The summed E-state index contributed by atoms with van der Waals surface area (Å²) in [4.78, 5) is 14.3. The number of benzene rings is 1. The lowest BCUT2D eigenvalue weighted by atomic mass is 9.97. The van der Waals surface area contributed by atoms with Gasteiger partial charge in [0.1, 0.15) is 0 Å². The molecule has 0 radical (unpaired) electrons. The molecule has 0 fully saturated rings. The van der Waals surface area contributed by atoms with Gasteiger partial charge in [-0.05, 0) is 68.8 Å². The lowest BCUT2D eigenvalue weighted by Gasteiger charge is -2.26. The van der Waals surface area contributed by atoms with Crippen molar-refractivity contribution in [3.8, 4) is 0 Å². The Kier molecular flexibility index (Phi) is 9.80. The zero-order valence-corrected chi connectivity index (χ0v) is 16.7. The lowest BCUT2D eigenvalue weighted by Crippen LogP contribution is -2.43. The summed E-state index contributed by atoms with van der Waals surface area (Å²) in [6.07, 6.45) is 13.1. The number of amides is 1. The number of rotatable bonds is 9. The molecule has 0 aliphatic heterocycles. The van der Waals surface area contributed by atoms with E-state index < -0.39 is 0 Å². The smallest absolute Gasteiger partial charge is 0.250 e. The highest BCUT2D eigenvalue weighted by Crippen LogP contribution is 2.20. The first-order valence-electron chi connectivity index (χ1n) is 9.81. The van der Waals surface area contributed by atoms with Gasteiger partial charge >= 0.3 is 0 Å². The lowest BCUT2D eigenvalue weighted by molar-refractivity contribution is -0.115. The Hall–Kier alpha value is -1.98. The second-order valence-electron chi connectivity index (χ2n) is 6.81. The predicted octanol–water partition coefficient (Wildman–Crippen LogP) is 4.07. The number of thiocarbonyl (C=S) groups is 1. The van der Waals surface area contributed by atoms with Crippen molar-refractivity contribution in [1.29, 1.82) is 0 Å². The molecule has 4 nitrogen and oxygen atoms in total. The number of aliphatic hydroxyl groups is 1. The zero-order chi connectivity index (χ0) is 19.3. The molecule has 0 atom stereocenters. The van der Waals surface area contributed by atoms with E-state index in [0.717, 1.165) is 37.9 Å². The van der Waals surface area contributed by atoms with Crippen molar-refractivity contribution >= 4 is 29.3 Å². The number of nitrogens with zero attached hydrogens (tertiary/aromatic N) is 1. The average Bonchev–Trinajstić information content (AvgIpc) is 2.70. The van der Waals surface area contributed by atoms with Gasteiger partial charge < -0.3 is 10.0 Å². The van der Waals surface area contributed by atoms with Crippen LogP contribution in [0.3, 0.4) is 0 Å². The van der Waals surface area contributed by atoms with Crippen LogP contribution in [0.4, 0.5) is 0 Å². The number of hydrogen-bond donors (Lipinski definition) is 2. The van der Waals surface area contributed by atoms with Crippen LogP contribution in [-0.4, -0.2) is 40.7 Å². The summed E-state index contributed by atoms with van der Waals surface area (Å²) in [5.41, 5.74) is 2.47. The fourth-order valence-electron chi connectivity index (χ4n) is 3.10. The van der Waals surface area contributed by atoms with Crippen LogP contribution in [0.25, 0.3) is 6.08 Å². The van der Waals surface area contributed by atoms with Crippen molar-refractivity contribution in [3.63, 3.8) is 0 Å². The molecule has 0 aromatic heterocycles. The Morgan fingerprint density at radius 3 is 2.70 bits per heavy atom. The molecule has 0 saturated carbocycles. The third-order valence-electron chi connectivity index (χ3n) is 4.67. The highest BCUT2D eigenvalue weighted by atomic mass is 32.1. The van der Waals surface area contributed by atoms with E-state index in [0.29, 0.717) is 5.11 Å². The molecule has 27 heavy (non-hydrogen) atoms. The SMILES string of the molecule is O=C(C=Cc1ccccc1)NC(=S)N(CCCCO)CCC1=CCCCC1. The average molecular weight is 387 g/mol. The van der Waals surface area contributed by atoms with Gasteiger partial charge in [-0.15, -0.1) is 0 Å². The summed E-state index contributed by atoms with van der Waals surface area (Å²) >= 11 is 5.48. The molecule has 2 N–H and O–H groups in total. The Bertz CT molecular complexity index is 656. The first-order valence-corrected chi connectivity index (χ1v) is 10.2. The van der Waals surface area contributed by atoms with Crippen LogP contribution in [0.5, 0.6) is 0 Å². The summed E-state index contributed by atoms with van der Waals surface area (Å²) in [5, 5.41) is 12.3. The van der Waals surface area contributed by atoms with Gasteiger partial charge in [0.05, 0.1) is 0 Å². The molecule has 1 aromatic carbocycles. The van der Waals surface area contributed by atoms with Gasteiger partial charge in [0.15, 0.2) is 5.11 Å². The first kappa shape index (κ1) is 21.3. The topological polar surface area (TPSA) is 52.6 Å². The van der Waals surface area contributed by atoms with Gasteiger partial charge in [-0.1, -0.05) is 42.0 Å². The molecular formula is C22H30N2O2S. The maximum absolute atomic E-state index is 12.2. The molecule has 1 amide bonds. The molecule has 1 aliphatic rings. The van der Waals surface area contributed by atoms with Gasteiger partial charge in [-0.3, -0.25) is 10.1 Å². The maximum Gasteiger partial charge on any atom is 0.250 e. The van der Waals surface area contributed by atoms with Crippen LogP contribution in [-0.2, 0) is 4.79 Å². The van der Waals surface area contributed by atoms with E-state index in [-0.39, 0.29) is 12.5 Å². The predicted molar refractivity (Wildman–Crippen MR) is 115 cm³/mol. The van der Waals surface area contributed by atoms with Gasteiger partial charge in [0, 0.05) is 25.8 Å². The van der Waals surface area contributed by atoms with E-state index in [1.807, 2.05) is 30.3 Å². The zero-order valence-electron chi connectivity index (χ0n) is 15.9. The van der Waals surface area contributed by atoms with Crippen molar-refractivity contribution in [2.75, 3.05) is 19.7 Å². The van der Waals surface area contributed by atoms with Crippen LogP contribution >= 0.6 is 12.2 Å². The van der Waals surface area contributed by atoms with Crippen molar-refractivity contribution in [3.05, 3.63) is 53.6 Å². The fraction of sp³-hybridized carbons (Fsp3) is 0.455. The van der Waals surface area contributed by atoms with Crippen molar-refractivity contribution in [2.45, 2.75) is 44.9 Å². The Balaban J connectivity index is 1.87. The third-order valence-corrected chi connectivity index (χ3v) is 5.03. The van der Waals surface area contributed by atoms with E-state index >= 15 is 0 Å². The number of hydrogen-bond acceptors (Lipinski definition) is 3. The number of carbonyl (C=O) groups is 1. The molecule has 0 saturated heterocycles. The first-order chi connectivity index (χ1) is 13.2. The Morgan fingerprint density at radius 2 is 2.00 bits per heavy atom. The maximum atomic E-state index is 12.2. The summed E-state index contributed by atoms with van der Waals surface area (Å²) in [7, 11) is 0. The van der Waals surface area contributed by atoms with Crippen molar-refractivity contribution in [1.82, 2.24) is 10.2 Å². The molecule has 0 heterocycles. The molecule has 1 aliphatic carbocycles. The summed E-state index contributed by atoms with van der Waals surface area (Å²) in [5.74, 6) is -0.215. The van der Waals surface area contributed by atoms with Gasteiger partial charge in [-0.2, -0.15) is 0 Å². The molecule has 0 bridgehead atoms. The van der Waals surface area contributed by atoms with E-state index in [4.69, 9.17) is 17.3 Å². The second-order valence-corrected chi connectivity index (χ2v) is 7.20. The van der Waals surface area contributed by atoms with Crippen LogP contribution in [0.1, 0.15) is 50.5 Å². The van der Waals surface area contributed by atoms with Gasteiger partial charge in [0.2, 0.25) is 5.91 Å². The van der Waals surface area contributed by atoms with Crippen molar-refractivity contribution in [2.24, 2.45) is 0 Å². The number of allylic oxidation sites excluding steroid dienone is 1. The number of aliphatic hydroxyl groups excluding tert-OH is 1. The second kappa shape index (κ2) is 12.4. The van der Waals surface area contributed by atoms with E-state index in [1.165, 1.54) is 37.3 Å². The normalized spacial score (nSPS) is 14.0. The monoisotopic (exact) mass is 386 g/mol. The minimum Gasteiger partial charge on any atom is -0.396 e. The standard InChI is InChI=1S/C22H30N2O2S/c25-18-8-7-16-24(17-15-20-11-5-2-6-12-20)22(27)23-21(26)14-13-19-9-3-1-4-10-19/h1,3-4,9-11,13-14,25H,2,5-8,12,15-18H2,(H,23,26,27). The van der Waals surface area contributed by atoms with E-state index in [1.54, 1.807) is 6.08 Å². The molecule has 5 heteroatoms. The van der Waals surface area contributed by atoms with Crippen LogP contribution in [0, 0.1) is 0 Å². The minimum atomic E-state index is -0.215. The molecule has 1 aromatic rings. The van der Waals surface area contributed by atoms with Crippen LogP contribution in [0.2, 0.25) is 0 Å². The minimum absolute atomic E-state index is 0.178. The number of nitrogens with one attached hydrogen (secondary N) is 1. The van der Waals surface area contributed by atoms with Gasteiger partial charge in [0.25, 0.3) is 0 Å². The highest BCUT2D eigenvalue weighted by Gasteiger charge is 2.13. The molecule has 0 spiro atoms. The third kappa shape index (κ3) is 8.50. The Labute approximate surface area is 168 Å². The highest BCUT2D eigenvalue weighted by molar-refractivity contribution is 7.80. The fourth-order valence-corrected chi connectivity index (χ4v) is 3.38. The van der Waals surface area contributed by atoms with E-state index in [9.17, 15) is 4.79 Å². The molecule has 0 unspecified atom stereocenters. The van der Waals surface area contributed by atoms with Gasteiger partial charge in [-0.25, -0.2) is 0 Å². The Morgan fingerprint density at radius 1 is 1.19 bits per heavy atom. The van der Waals surface area contributed by atoms with Crippen LogP contribution < -0.4 is 5.32 Å². The summed E-state index contributed by atoms with van der Waals surface area (Å²) in [6, 6.07) is 9.71. The van der Waals surface area contributed by atoms with Crippen LogP contribution in [0.15, 0.2) is 48.1 Å². The summed E-state index contributed by atoms with van der Waals surface area (Å²) < 4.78 is 0. The molecule has 2 rings (SSSR count).